The highest BCUT2D eigenvalue weighted by molar-refractivity contribution is 6.81. The van der Waals surface area contributed by atoms with Gasteiger partial charge in [-0.05, 0) is 18.0 Å². The molecule has 1 aromatic carbocycles. The standard InChI is InChI=1S/C14H27NSi2/c1-14(2,3)12-8-10-13(11-9-12)16-15(4)17(5,6)7/h8-11H,16H2,1-7H3. The van der Waals surface area contributed by atoms with Crippen LogP contribution in [0.5, 0.6) is 0 Å². The van der Waals surface area contributed by atoms with Gasteiger partial charge in [0, 0.05) is 0 Å². The van der Waals surface area contributed by atoms with Crippen LogP contribution in [0.15, 0.2) is 24.3 Å². The Morgan fingerprint density at radius 2 is 1.47 bits per heavy atom. The number of hydrogen-bond donors (Lipinski definition) is 0. The van der Waals surface area contributed by atoms with E-state index in [1.54, 1.807) is 5.19 Å². The molecule has 0 aliphatic carbocycles. The fraction of sp³-hybridized carbons (Fsp3) is 0.571. The summed E-state index contributed by atoms with van der Waals surface area (Å²) in [7, 11) is 0.947. The summed E-state index contributed by atoms with van der Waals surface area (Å²) in [4.78, 5) is 0. The Balaban J connectivity index is 2.76. The molecule has 0 unspecified atom stereocenters. The highest BCUT2D eigenvalue weighted by Crippen LogP contribution is 2.20. The third kappa shape index (κ3) is 4.41. The SMILES string of the molecule is CN([SiH2]c1ccc(C(C)(C)C)cc1)[Si](C)(C)C. The van der Waals surface area contributed by atoms with Gasteiger partial charge < -0.3 is 4.23 Å². The van der Waals surface area contributed by atoms with Crippen molar-refractivity contribution >= 4 is 23.1 Å². The van der Waals surface area contributed by atoms with Gasteiger partial charge in [0.25, 0.3) is 0 Å². The van der Waals surface area contributed by atoms with Gasteiger partial charge in [0.05, 0.1) is 0 Å². The highest BCUT2D eigenvalue weighted by atomic mass is 28.4. The molecule has 0 spiro atoms. The van der Waals surface area contributed by atoms with E-state index in [0.717, 1.165) is 0 Å². The molecule has 0 atom stereocenters. The molecule has 0 aliphatic heterocycles. The zero-order valence-electron chi connectivity index (χ0n) is 12.5. The first-order chi connectivity index (χ1) is 7.60. The van der Waals surface area contributed by atoms with Gasteiger partial charge in [-0.2, -0.15) is 0 Å². The van der Waals surface area contributed by atoms with Gasteiger partial charge >= 0.3 is 0 Å². The molecular weight excluding hydrogens is 238 g/mol. The molecule has 1 aromatic rings. The Kier molecular flexibility index (Phi) is 4.39. The Hall–Kier alpha value is -0.386. The van der Waals surface area contributed by atoms with E-state index in [9.17, 15) is 0 Å². The third-order valence-corrected chi connectivity index (χ3v) is 10.3. The van der Waals surface area contributed by atoms with Gasteiger partial charge in [-0.25, -0.2) is 0 Å². The van der Waals surface area contributed by atoms with Crippen molar-refractivity contribution in [2.75, 3.05) is 7.05 Å². The number of benzene rings is 1. The van der Waals surface area contributed by atoms with E-state index < -0.39 is 8.24 Å². The van der Waals surface area contributed by atoms with E-state index in [1.165, 1.54) is 5.56 Å². The molecule has 0 aliphatic rings. The van der Waals surface area contributed by atoms with E-state index in [2.05, 4.69) is 76.0 Å². The molecule has 0 saturated heterocycles. The Morgan fingerprint density at radius 3 is 1.82 bits per heavy atom. The molecule has 0 amide bonds. The lowest BCUT2D eigenvalue weighted by atomic mass is 9.87. The first-order valence-electron chi connectivity index (χ1n) is 6.41. The Labute approximate surface area is 110 Å². The summed E-state index contributed by atoms with van der Waals surface area (Å²) in [6.07, 6.45) is 0. The molecule has 0 aromatic heterocycles. The maximum atomic E-state index is 2.65. The summed E-state index contributed by atoms with van der Waals surface area (Å²) in [5.41, 5.74) is 1.70. The van der Waals surface area contributed by atoms with Gasteiger partial charge in [-0.1, -0.05) is 69.9 Å². The van der Waals surface area contributed by atoms with Crippen molar-refractivity contribution in [1.29, 1.82) is 0 Å². The fourth-order valence-corrected chi connectivity index (χ4v) is 5.06. The van der Waals surface area contributed by atoms with E-state index in [1.807, 2.05) is 0 Å². The van der Waals surface area contributed by atoms with Crippen LogP contribution in [0.4, 0.5) is 0 Å². The Morgan fingerprint density at radius 1 is 1.00 bits per heavy atom. The third-order valence-electron chi connectivity index (χ3n) is 3.38. The predicted octanol–water partition coefficient (Wildman–Crippen LogP) is 2.46. The minimum absolute atomic E-state index is 0.256. The lowest BCUT2D eigenvalue weighted by Crippen LogP contribution is -2.49. The zero-order chi connectivity index (χ0) is 13.3. The van der Waals surface area contributed by atoms with E-state index in [4.69, 9.17) is 0 Å². The maximum Gasteiger partial charge on any atom is 0.120 e. The summed E-state index contributed by atoms with van der Waals surface area (Å²) < 4.78 is 2.65. The van der Waals surface area contributed by atoms with Gasteiger partial charge in [0.2, 0.25) is 0 Å². The minimum Gasteiger partial charge on any atom is -0.350 e. The fourth-order valence-electron chi connectivity index (χ4n) is 1.62. The van der Waals surface area contributed by atoms with Crippen LogP contribution >= 0.6 is 0 Å². The van der Waals surface area contributed by atoms with Gasteiger partial charge in [-0.15, -0.1) is 0 Å². The van der Waals surface area contributed by atoms with E-state index in [0.29, 0.717) is 0 Å². The van der Waals surface area contributed by atoms with Crippen LogP contribution in [-0.2, 0) is 5.41 Å². The molecule has 0 saturated carbocycles. The van der Waals surface area contributed by atoms with Crippen LogP contribution in [0, 0.1) is 0 Å². The molecule has 96 valence electrons. The molecule has 1 nitrogen and oxygen atoms in total. The van der Waals surface area contributed by atoms with Crippen LogP contribution in [0.2, 0.25) is 19.6 Å². The molecule has 1 rings (SSSR count). The molecule has 0 N–H and O–H groups in total. The predicted molar refractivity (Wildman–Crippen MR) is 84.4 cm³/mol. The van der Waals surface area contributed by atoms with Crippen molar-refractivity contribution in [1.82, 2.24) is 4.23 Å². The monoisotopic (exact) mass is 265 g/mol. The van der Waals surface area contributed by atoms with Crippen molar-refractivity contribution in [3.05, 3.63) is 29.8 Å². The minimum atomic E-state index is -1.10. The molecule has 0 heterocycles. The molecule has 3 heteroatoms. The van der Waals surface area contributed by atoms with Gasteiger partial charge in [0.15, 0.2) is 0 Å². The van der Waals surface area contributed by atoms with Crippen molar-refractivity contribution in [2.24, 2.45) is 0 Å². The summed E-state index contributed by atoms with van der Waals surface area (Å²) in [6, 6.07) is 9.29. The largest absolute Gasteiger partial charge is 0.350 e. The molecule has 0 fully saturated rings. The van der Waals surface area contributed by atoms with Crippen LogP contribution in [0.1, 0.15) is 26.3 Å². The van der Waals surface area contributed by atoms with Crippen molar-refractivity contribution in [3.8, 4) is 0 Å². The maximum absolute atomic E-state index is 2.65. The normalized spacial score (nSPS) is 13.9. The second-order valence-electron chi connectivity index (χ2n) is 6.97. The zero-order valence-corrected chi connectivity index (χ0v) is 14.9. The average molecular weight is 266 g/mol. The van der Waals surface area contributed by atoms with Crippen molar-refractivity contribution in [2.45, 2.75) is 45.8 Å². The van der Waals surface area contributed by atoms with Crippen LogP contribution < -0.4 is 5.19 Å². The lowest BCUT2D eigenvalue weighted by molar-refractivity contribution is 0.590. The second kappa shape index (κ2) is 5.08. The summed E-state index contributed by atoms with van der Waals surface area (Å²) in [5, 5.41) is 1.56. The Bertz CT molecular complexity index is 357. The van der Waals surface area contributed by atoms with Crippen molar-refractivity contribution in [3.63, 3.8) is 0 Å². The number of hydrogen-bond acceptors (Lipinski definition) is 1. The first-order valence-corrected chi connectivity index (χ1v) is 11.2. The number of rotatable bonds is 3. The highest BCUT2D eigenvalue weighted by Gasteiger charge is 2.20. The van der Waals surface area contributed by atoms with Crippen LogP contribution in [0.25, 0.3) is 0 Å². The van der Waals surface area contributed by atoms with E-state index >= 15 is 0 Å². The second-order valence-corrected chi connectivity index (χ2v) is 14.8. The molecular formula is C14H27NSi2. The average Bonchev–Trinajstić information content (AvgIpc) is 2.15. The quantitative estimate of drug-likeness (QED) is 0.759. The van der Waals surface area contributed by atoms with Gasteiger partial charge in [-0.3, -0.25) is 0 Å². The lowest BCUT2D eigenvalue weighted by Gasteiger charge is -2.30. The molecule has 0 radical (unpaired) electrons. The summed E-state index contributed by atoms with van der Waals surface area (Å²) >= 11 is 0. The smallest absolute Gasteiger partial charge is 0.120 e. The summed E-state index contributed by atoms with van der Waals surface area (Å²) in [5.74, 6) is 0. The van der Waals surface area contributed by atoms with Crippen LogP contribution in [-0.4, -0.2) is 29.2 Å². The first kappa shape index (κ1) is 14.7. The molecule has 17 heavy (non-hydrogen) atoms. The van der Waals surface area contributed by atoms with Crippen LogP contribution in [0.3, 0.4) is 0 Å². The number of nitrogens with zero attached hydrogens (tertiary/aromatic N) is 1. The van der Waals surface area contributed by atoms with E-state index in [-0.39, 0.29) is 15.1 Å². The summed E-state index contributed by atoms with van der Waals surface area (Å²) in [6.45, 7) is 14.1. The topological polar surface area (TPSA) is 3.24 Å². The molecule has 0 bridgehead atoms. The van der Waals surface area contributed by atoms with Crippen molar-refractivity contribution < 1.29 is 0 Å². The van der Waals surface area contributed by atoms with Gasteiger partial charge in [0.1, 0.15) is 17.9 Å².